The molecule has 3 rings (SSSR count). The Kier molecular flexibility index (Phi) is 9.09. The largest absolute Gasteiger partial charge is 0.444 e. The molecule has 2 aromatic carbocycles. The van der Waals surface area contributed by atoms with Crippen LogP contribution in [-0.4, -0.2) is 61.7 Å². The van der Waals surface area contributed by atoms with E-state index >= 15 is 0 Å². The van der Waals surface area contributed by atoms with Crippen LogP contribution in [0.25, 0.3) is 0 Å². The van der Waals surface area contributed by atoms with Gasteiger partial charge in [-0.15, -0.1) is 0 Å². The second-order valence-electron chi connectivity index (χ2n) is 10.5. The molecule has 1 aliphatic heterocycles. The van der Waals surface area contributed by atoms with Gasteiger partial charge in [-0.2, -0.15) is 0 Å². The summed E-state index contributed by atoms with van der Waals surface area (Å²) in [5.41, 5.74) is 0.608. The van der Waals surface area contributed by atoms with E-state index in [1.807, 2.05) is 30.3 Å². The van der Waals surface area contributed by atoms with Crippen LogP contribution >= 0.6 is 11.6 Å². The summed E-state index contributed by atoms with van der Waals surface area (Å²) >= 11 is 6.01. The van der Waals surface area contributed by atoms with Crippen molar-refractivity contribution in [2.45, 2.75) is 69.2 Å². The molecular weight excluding hydrogens is 530 g/mol. The molecule has 0 aliphatic carbocycles. The lowest BCUT2D eigenvalue weighted by Crippen LogP contribution is -2.52. The maximum atomic E-state index is 13.3. The van der Waals surface area contributed by atoms with Gasteiger partial charge >= 0.3 is 6.09 Å². The highest BCUT2D eigenvalue weighted by molar-refractivity contribution is 7.90. The standard InChI is InChI=1S/C27H34ClN3O6S/c1-17(24(32)29-15-19-13-21(28)11-12-23(19)38(5,35)36)30-25(33)22-14-20(18-9-7-6-8-10-18)16-31(22)26(34)37-27(2,3)4/h6-13,17,20,22H,14-16H2,1-5H3,(H,29,32)(H,30,33). The number of ether oxygens (including phenoxy) is 1. The minimum atomic E-state index is -3.53. The molecule has 206 valence electrons. The topological polar surface area (TPSA) is 122 Å². The van der Waals surface area contributed by atoms with Crippen molar-refractivity contribution in [1.82, 2.24) is 15.5 Å². The lowest BCUT2D eigenvalue weighted by atomic mass is 9.96. The van der Waals surface area contributed by atoms with E-state index in [0.717, 1.165) is 11.8 Å². The zero-order valence-corrected chi connectivity index (χ0v) is 23.7. The van der Waals surface area contributed by atoms with E-state index < -0.39 is 45.4 Å². The van der Waals surface area contributed by atoms with Crippen molar-refractivity contribution in [2.75, 3.05) is 12.8 Å². The number of hydrogen-bond acceptors (Lipinski definition) is 6. The summed E-state index contributed by atoms with van der Waals surface area (Å²) in [6, 6.07) is 12.2. The molecule has 0 saturated carbocycles. The van der Waals surface area contributed by atoms with E-state index in [9.17, 15) is 22.8 Å². The lowest BCUT2D eigenvalue weighted by Gasteiger charge is -2.28. The molecule has 9 nitrogen and oxygen atoms in total. The van der Waals surface area contributed by atoms with Gasteiger partial charge in [-0.1, -0.05) is 41.9 Å². The maximum absolute atomic E-state index is 13.3. The predicted octanol–water partition coefficient (Wildman–Crippen LogP) is 3.66. The van der Waals surface area contributed by atoms with Crippen LogP contribution in [0.15, 0.2) is 53.4 Å². The van der Waals surface area contributed by atoms with Crippen molar-refractivity contribution in [3.8, 4) is 0 Å². The summed E-state index contributed by atoms with van der Waals surface area (Å²) < 4.78 is 29.7. The molecule has 38 heavy (non-hydrogen) atoms. The van der Waals surface area contributed by atoms with Crippen LogP contribution < -0.4 is 10.6 Å². The summed E-state index contributed by atoms with van der Waals surface area (Å²) in [4.78, 5) is 40.5. The Bertz CT molecular complexity index is 1290. The second kappa shape index (κ2) is 11.7. The van der Waals surface area contributed by atoms with Crippen LogP contribution in [0.5, 0.6) is 0 Å². The molecule has 0 aromatic heterocycles. The molecule has 1 heterocycles. The smallest absolute Gasteiger partial charge is 0.410 e. The van der Waals surface area contributed by atoms with Crippen molar-refractivity contribution in [3.63, 3.8) is 0 Å². The summed E-state index contributed by atoms with van der Waals surface area (Å²) in [5, 5.41) is 5.67. The van der Waals surface area contributed by atoms with Crippen molar-refractivity contribution >= 4 is 39.3 Å². The molecule has 1 saturated heterocycles. The highest BCUT2D eigenvalue weighted by Crippen LogP contribution is 2.33. The number of rotatable bonds is 7. The summed E-state index contributed by atoms with van der Waals surface area (Å²) in [5.74, 6) is -1.06. The van der Waals surface area contributed by atoms with Crippen LogP contribution in [-0.2, 0) is 30.7 Å². The fourth-order valence-corrected chi connectivity index (χ4v) is 5.45. The molecule has 11 heteroatoms. The minimum absolute atomic E-state index is 0.0600. The first-order valence-electron chi connectivity index (χ1n) is 12.3. The van der Waals surface area contributed by atoms with Crippen LogP contribution in [0, 0.1) is 0 Å². The number of halogens is 1. The van der Waals surface area contributed by atoms with E-state index in [2.05, 4.69) is 10.6 Å². The van der Waals surface area contributed by atoms with Gasteiger partial charge in [-0.3, -0.25) is 14.5 Å². The zero-order valence-electron chi connectivity index (χ0n) is 22.2. The molecule has 0 bridgehead atoms. The third kappa shape index (κ3) is 7.70. The third-order valence-electron chi connectivity index (χ3n) is 6.13. The molecule has 3 atom stereocenters. The summed E-state index contributed by atoms with van der Waals surface area (Å²) in [6.07, 6.45) is 0.858. The number of carbonyl (C=O) groups is 3. The monoisotopic (exact) mass is 563 g/mol. The van der Waals surface area contributed by atoms with Gasteiger partial charge in [0.1, 0.15) is 17.7 Å². The first-order valence-corrected chi connectivity index (χ1v) is 14.5. The highest BCUT2D eigenvalue weighted by Gasteiger charge is 2.42. The average Bonchev–Trinajstić information content (AvgIpc) is 3.27. The van der Waals surface area contributed by atoms with Crippen molar-refractivity contribution in [2.24, 2.45) is 0 Å². The maximum Gasteiger partial charge on any atom is 0.410 e. The van der Waals surface area contributed by atoms with Crippen LogP contribution in [0.2, 0.25) is 5.02 Å². The molecule has 0 radical (unpaired) electrons. The average molecular weight is 564 g/mol. The molecule has 1 aliphatic rings. The number of benzene rings is 2. The number of sulfone groups is 1. The molecule has 3 amide bonds. The van der Waals surface area contributed by atoms with Gasteiger partial charge < -0.3 is 15.4 Å². The van der Waals surface area contributed by atoms with E-state index in [0.29, 0.717) is 23.6 Å². The predicted molar refractivity (Wildman–Crippen MR) is 145 cm³/mol. The molecule has 2 aromatic rings. The third-order valence-corrected chi connectivity index (χ3v) is 7.56. The minimum Gasteiger partial charge on any atom is -0.444 e. The van der Waals surface area contributed by atoms with Gasteiger partial charge in [0.2, 0.25) is 11.8 Å². The Morgan fingerprint density at radius 3 is 2.39 bits per heavy atom. The quantitative estimate of drug-likeness (QED) is 0.530. The molecular formula is C27H34ClN3O6S. The Morgan fingerprint density at radius 1 is 1.13 bits per heavy atom. The van der Waals surface area contributed by atoms with Crippen LogP contribution in [0.1, 0.15) is 51.2 Å². The zero-order chi connectivity index (χ0) is 28.3. The lowest BCUT2D eigenvalue weighted by molar-refractivity contribution is -0.131. The van der Waals surface area contributed by atoms with E-state index in [4.69, 9.17) is 16.3 Å². The number of nitrogens with one attached hydrogen (secondary N) is 2. The Labute approximate surface area is 228 Å². The second-order valence-corrected chi connectivity index (χ2v) is 12.9. The first-order chi connectivity index (χ1) is 17.7. The van der Waals surface area contributed by atoms with E-state index in [-0.39, 0.29) is 17.4 Å². The van der Waals surface area contributed by atoms with Crippen molar-refractivity contribution in [3.05, 3.63) is 64.7 Å². The summed E-state index contributed by atoms with van der Waals surface area (Å²) in [6.45, 7) is 7.00. The van der Waals surface area contributed by atoms with Gasteiger partial charge in [0.05, 0.1) is 4.90 Å². The van der Waals surface area contributed by atoms with Crippen molar-refractivity contribution in [1.29, 1.82) is 0 Å². The molecule has 2 N–H and O–H groups in total. The fraction of sp³-hybridized carbons (Fsp3) is 0.444. The number of amides is 3. The SMILES string of the molecule is CC(NC(=O)C1CC(c2ccccc2)CN1C(=O)OC(C)(C)C)C(=O)NCc1cc(Cl)ccc1S(C)(=O)=O. The molecule has 3 unspecified atom stereocenters. The van der Waals surface area contributed by atoms with Crippen LogP contribution in [0.3, 0.4) is 0 Å². The van der Waals surface area contributed by atoms with Gasteiger partial charge in [-0.25, -0.2) is 13.2 Å². The molecule has 0 spiro atoms. The number of carbonyl (C=O) groups excluding carboxylic acids is 3. The normalized spacial score (nSPS) is 18.5. The highest BCUT2D eigenvalue weighted by atomic mass is 35.5. The Hall–Kier alpha value is -3.11. The van der Waals surface area contributed by atoms with Gasteiger partial charge in [0, 0.05) is 30.3 Å². The number of likely N-dealkylation sites (tertiary alicyclic amines) is 1. The van der Waals surface area contributed by atoms with E-state index in [1.165, 1.54) is 30.0 Å². The Morgan fingerprint density at radius 2 is 1.79 bits per heavy atom. The molecule has 1 fully saturated rings. The summed E-state index contributed by atoms with van der Waals surface area (Å²) in [7, 11) is -3.53. The Balaban J connectivity index is 1.70. The van der Waals surface area contributed by atoms with E-state index in [1.54, 1.807) is 20.8 Å². The van der Waals surface area contributed by atoms with Crippen LogP contribution in [0.4, 0.5) is 4.79 Å². The fourth-order valence-electron chi connectivity index (χ4n) is 4.33. The first kappa shape index (κ1) is 29.4. The number of hydrogen-bond donors (Lipinski definition) is 2. The van der Waals surface area contributed by atoms with Gasteiger partial charge in [0.25, 0.3) is 0 Å². The van der Waals surface area contributed by atoms with Crippen molar-refractivity contribution < 1.29 is 27.5 Å². The van der Waals surface area contributed by atoms with Gasteiger partial charge in [-0.05, 0) is 63.4 Å². The van der Waals surface area contributed by atoms with Gasteiger partial charge in [0.15, 0.2) is 9.84 Å². The number of nitrogens with zero attached hydrogens (tertiary/aromatic N) is 1.